The Morgan fingerprint density at radius 3 is 2.21 bits per heavy atom. The molecule has 4 heteroatoms. The highest BCUT2D eigenvalue weighted by Gasteiger charge is 2.04. The van der Waals surface area contributed by atoms with Crippen LogP contribution < -0.4 is 9.47 Å². The SMILES string of the molecule is O=C(O)Cc1cccc(Oc2cccc(OCCCCc3ccccc3)c2)c1. The van der Waals surface area contributed by atoms with Crippen molar-refractivity contribution in [3.05, 3.63) is 90.0 Å². The summed E-state index contributed by atoms with van der Waals surface area (Å²) in [6.07, 6.45) is 3.09. The molecule has 0 heterocycles. The van der Waals surface area contributed by atoms with E-state index in [1.807, 2.05) is 36.4 Å². The van der Waals surface area contributed by atoms with Crippen molar-refractivity contribution in [3.63, 3.8) is 0 Å². The fourth-order valence-electron chi connectivity index (χ4n) is 2.92. The van der Waals surface area contributed by atoms with E-state index in [2.05, 4.69) is 24.3 Å². The van der Waals surface area contributed by atoms with Gasteiger partial charge in [0.2, 0.25) is 0 Å². The molecule has 4 nitrogen and oxygen atoms in total. The zero-order valence-electron chi connectivity index (χ0n) is 15.7. The predicted molar refractivity (Wildman–Crippen MR) is 109 cm³/mol. The molecule has 0 fully saturated rings. The molecule has 3 aromatic carbocycles. The molecule has 0 unspecified atom stereocenters. The zero-order valence-corrected chi connectivity index (χ0v) is 15.7. The fourth-order valence-corrected chi connectivity index (χ4v) is 2.92. The van der Waals surface area contributed by atoms with Crippen LogP contribution in [-0.2, 0) is 17.6 Å². The quantitative estimate of drug-likeness (QED) is 0.474. The molecule has 1 N–H and O–H groups in total. The largest absolute Gasteiger partial charge is 0.493 e. The number of carboxylic acid groups (broad SMARTS) is 1. The Labute approximate surface area is 165 Å². The normalized spacial score (nSPS) is 10.4. The Kier molecular flexibility index (Phi) is 7.08. The first-order valence-electron chi connectivity index (χ1n) is 9.44. The molecular formula is C24H24O4. The highest BCUT2D eigenvalue weighted by atomic mass is 16.5. The number of hydrogen-bond donors (Lipinski definition) is 1. The Hall–Kier alpha value is -3.27. The number of carboxylic acids is 1. The van der Waals surface area contributed by atoms with E-state index in [9.17, 15) is 4.79 Å². The van der Waals surface area contributed by atoms with Crippen molar-refractivity contribution in [2.45, 2.75) is 25.7 Å². The highest BCUT2D eigenvalue weighted by molar-refractivity contribution is 5.70. The van der Waals surface area contributed by atoms with Crippen LogP contribution in [0.1, 0.15) is 24.0 Å². The molecule has 0 spiro atoms. The van der Waals surface area contributed by atoms with E-state index in [0.717, 1.165) is 25.0 Å². The van der Waals surface area contributed by atoms with Gasteiger partial charge < -0.3 is 14.6 Å². The third-order valence-electron chi connectivity index (χ3n) is 4.27. The van der Waals surface area contributed by atoms with Gasteiger partial charge in [-0.2, -0.15) is 0 Å². The monoisotopic (exact) mass is 376 g/mol. The minimum absolute atomic E-state index is 0.0245. The Bertz CT molecular complexity index is 890. The van der Waals surface area contributed by atoms with Crippen molar-refractivity contribution in [2.75, 3.05) is 6.61 Å². The molecule has 0 radical (unpaired) electrons. The summed E-state index contributed by atoms with van der Waals surface area (Å²) in [5, 5.41) is 8.91. The van der Waals surface area contributed by atoms with Crippen LogP contribution in [0.2, 0.25) is 0 Å². The van der Waals surface area contributed by atoms with Gasteiger partial charge in [0, 0.05) is 6.07 Å². The number of hydrogen-bond acceptors (Lipinski definition) is 3. The summed E-state index contributed by atoms with van der Waals surface area (Å²) in [5.41, 5.74) is 2.05. The number of carbonyl (C=O) groups is 1. The molecule has 0 amide bonds. The first kappa shape index (κ1) is 19.5. The van der Waals surface area contributed by atoms with Crippen LogP contribution in [-0.4, -0.2) is 17.7 Å². The molecule has 0 saturated heterocycles. The van der Waals surface area contributed by atoms with Crippen molar-refractivity contribution in [1.29, 1.82) is 0 Å². The zero-order chi connectivity index (χ0) is 19.6. The maximum atomic E-state index is 10.9. The van der Waals surface area contributed by atoms with Crippen molar-refractivity contribution in [1.82, 2.24) is 0 Å². The number of aryl methyl sites for hydroxylation is 1. The molecule has 28 heavy (non-hydrogen) atoms. The first-order chi connectivity index (χ1) is 13.7. The molecule has 0 aromatic heterocycles. The Morgan fingerprint density at radius 2 is 1.43 bits per heavy atom. The van der Waals surface area contributed by atoms with Crippen molar-refractivity contribution >= 4 is 5.97 Å². The minimum Gasteiger partial charge on any atom is -0.493 e. The third kappa shape index (κ3) is 6.47. The minimum atomic E-state index is -0.861. The van der Waals surface area contributed by atoms with E-state index in [1.54, 1.807) is 18.2 Å². The average Bonchev–Trinajstić information content (AvgIpc) is 2.69. The van der Waals surface area contributed by atoms with Gasteiger partial charge in [0.1, 0.15) is 17.2 Å². The van der Waals surface area contributed by atoms with Gasteiger partial charge in [0.15, 0.2) is 0 Å². The van der Waals surface area contributed by atoms with Crippen LogP contribution in [0.5, 0.6) is 17.2 Å². The van der Waals surface area contributed by atoms with Crippen LogP contribution in [0.4, 0.5) is 0 Å². The number of benzene rings is 3. The van der Waals surface area contributed by atoms with Gasteiger partial charge in [0.05, 0.1) is 13.0 Å². The summed E-state index contributed by atoms with van der Waals surface area (Å²) in [4.78, 5) is 10.9. The van der Waals surface area contributed by atoms with Crippen molar-refractivity contribution < 1.29 is 19.4 Å². The van der Waals surface area contributed by atoms with Crippen molar-refractivity contribution in [2.24, 2.45) is 0 Å². The van der Waals surface area contributed by atoms with Gasteiger partial charge >= 0.3 is 5.97 Å². The maximum Gasteiger partial charge on any atom is 0.307 e. The van der Waals surface area contributed by atoms with Gasteiger partial charge in [0.25, 0.3) is 0 Å². The lowest BCUT2D eigenvalue weighted by Gasteiger charge is -2.10. The smallest absolute Gasteiger partial charge is 0.307 e. The molecule has 0 atom stereocenters. The standard InChI is InChI=1S/C24H24O4/c25-24(26)17-20-11-6-13-22(16-20)28-23-14-7-12-21(18-23)27-15-5-4-10-19-8-2-1-3-9-19/h1-3,6-9,11-14,16,18H,4-5,10,15,17H2,(H,25,26). The van der Waals surface area contributed by atoms with Gasteiger partial charge in [-0.05, 0) is 54.7 Å². The van der Waals surface area contributed by atoms with Gasteiger partial charge in [-0.15, -0.1) is 0 Å². The number of ether oxygens (including phenoxy) is 2. The lowest BCUT2D eigenvalue weighted by molar-refractivity contribution is -0.136. The molecule has 144 valence electrons. The molecule has 3 rings (SSSR count). The molecule has 0 saturated carbocycles. The number of rotatable bonds is 10. The maximum absolute atomic E-state index is 10.9. The first-order valence-corrected chi connectivity index (χ1v) is 9.44. The second kappa shape index (κ2) is 10.2. The summed E-state index contributed by atoms with van der Waals surface area (Å²) in [6, 6.07) is 25.1. The predicted octanol–water partition coefficient (Wildman–Crippen LogP) is 5.51. The Morgan fingerprint density at radius 1 is 0.750 bits per heavy atom. The van der Waals surface area contributed by atoms with Gasteiger partial charge in [-0.25, -0.2) is 0 Å². The van der Waals surface area contributed by atoms with Crippen LogP contribution in [0.15, 0.2) is 78.9 Å². The summed E-state index contributed by atoms with van der Waals surface area (Å²) >= 11 is 0. The Balaban J connectivity index is 1.48. The molecule has 0 aliphatic carbocycles. The number of aliphatic carboxylic acids is 1. The summed E-state index contributed by atoms with van der Waals surface area (Å²) in [6.45, 7) is 0.657. The summed E-state index contributed by atoms with van der Waals surface area (Å²) in [7, 11) is 0. The van der Waals surface area contributed by atoms with Crippen molar-refractivity contribution in [3.8, 4) is 17.2 Å². The van der Waals surface area contributed by atoms with Crippen LogP contribution in [0, 0.1) is 0 Å². The van der Waals surface area contributed by atoms with E-state index in [1.165, 1.54) is 5.56 Å². The van der Waals surface area contributed by atoms with Gasteiger partial charge in [-0.3, -0.25) is 4.79 Å². The van der Waals surface area contributed by atoms with Crippen LogP contribution >= 0.6 is 0 Å². The second-order valence-corrected chi connectivity index (χ2v) is 6.59. The summed E-state index contributed by atoms with van der Waals surface area (Å²) < 4.78 is 11.7. The van der Waals surface area contributed by atoms with Gasteiger partial charge in [-0.1, -0.05) is 48.5 Å². The summed E-state index contributed by atoms with van der Waals surface area (Å²) in [5.74, 6) is 1.17. The van der Waals surface area contributed by atoms with Crippen LogP contribution in [0.3, 0.4) is 0 Å². The third-order valence-corrected chi connectivity index (χ3v) is 4.27. The molecule has 0 aliphatic rings. The van der Waals surface area contributed by atoms with E-state index >= 15 is 0 Å². The fraction of sp³-hybridized carbons (Fsp3) is 0.208. The topological polar surface area (TPSA) is 55.8 Å². The molecule has 0 bridgehead atoms. The second-order valence-electron chi connectivity index (χ2n) is 6.59. The molecule has 0 aliphatic heterocycles. The lowest BCUT2D eigenvalue weighted by Crippen LogP contribution is -2.00. The lowest BCUT2D eigenvalue weighted by atomic mass is 10.1. The molecule has 3 aromatic rings. The van der Waals surface area contributed by atoms with Crippen LogP contribution in [0.25, 0.3) is 0 Å². The van der Waals surface area contributed by atoms with E-state index in [4.69, 9.17) is 14.6 Å². The average molecular weight is 376 g/mol. The number of unbranched alkanes of at least 4 members (excludes halogenated alkanes) is 1. The van der Waals surface area contributed by atoms with E-state index in [0.29, 0.717) is 23.7 Å². The highest BCUT2D eigenvalue weighted by Crippen LogP contribution is 2.26. The van der Waals surface area contributed by atoms with E-state index in [-0.39, 0.29) is 6.42 Å². The molecular weight excluding hydrogens is 352 g/mol. The van der Waals surface area contributed by atoms with E-state index < -0.39 is 5.97 Å².